The number of fused-ring (bicyclic) bond motifs is 1. The Labute approximate surface area is 148 Å². The maximum atomic E-state index is 13.2. The van der Waals surface area contributed by atoms with Crippen LogP contribution in [0.5, 0.6) is 11.5 Å². The zero-order chi connectivity index (χ0) is 18.0. The number of rotatable bonds is 5. The first kappa shape index (κ1) is 17.4. The summed E-state index contributed by atoms with van der Waals surface area (Å²) < 4.78 is 38.8. The molecule has 0 aromatic heterocycles. The molecular weight excluding hydrogens is 338 g/mol. The third-order valence-corrected chi connectivity index (χ3v) is 5.79. The van der Waals surface area contributed by atoms with Gasteiger partial charge in [0.15, 0.2) is 11.5 Å². The van der Waals surface area contributed by atoms with Crippen LogP contribution in [0, 0.1) is 13.8 Å². The maximum Gasteiger partial charge on any atom is 0.264 e. The first-order chi connectivity index (χ1) is 11.9. The van der Waals surface area contributed by atoms with E-state index in [1.807, 2.05) is 32.0 Å². The average molecular weight is 359 g/mol. The molecule has 0 N–H and O–H groups in total. The molecule has 0 spiro atoms. The molecule has 132 valence electrons. The monoisotopic (exact) mass is 359 g/mol. The summed E-state index contributed by atoms with van der Waals surface area (Å²) in [5, 5.41) is 0. The van der Waals surface area contributed by atoms with E-state index in [1.54, 1.807) is 18.2 Å². The molecule has 0 atom stereocenters. The highest BCUT2D eigenvalue weighted by Gasteiger charge is 2.27. The molecule has 0 amide bonds. The van der Waals surface area contributed by atoms with E-state index in [4.69, 9.17) is 9.47 Å². The lowest BCUT2D eigenvalue weighted by Gasteiger charge is -2.26. The van der Waals surface area contributed by atoms with E-state index in [1.165, 1.54) is 10.4 Å². The number of hydrogen-bond acceptors (Lipinski definition) is 4. The summed E-state index contributed by atoms with van der Waals surface area (Å²) in [6.45, 7) is 8.63. The van der Waals surface area contributed by atoms with Crippen LogP contribution in [0.1, 0.15) is 11.1 Å². The van der Waals surface area contributed by atoms with Gasteiger partial charge in [0.25, 0.3) is 10.0 Å². The van der Waals surface area contributed by atoms with Gasteiger partial charge in [-0.1, -0.05) is 23.8 Å². The van der Waals surface area contributed by atoms with Crippen LogP contribution in [0.25, 0.3) is 0 Å². The lowest BCUT2D eigenvalue weighted by atomic mass is 10.1. The van der Waals surface area contributed by atoms with E-state index in [0.29, 0.717) is 30.4 Å². The van der Waals surface area contributed by atoms with Crippen LogP contribution in [0.15, 0.2) is 53.9 Å². The van der Waals surface area contributed by atoms with Crippen LogP contribution >= 0.6 is 0 Å². The summed E-state index contributed by atoms with van der Waals surface area (Å²) in [5.41, 5.74) is 2.61. The van der Waals surface area contributed by atoms with E-state index in [9.17, 15) is 8.42 Å². The Morgan fingerprint density at radius 3 is 2.48 bits per heavy atom. The van der Waals surface area contributed by atoms with Gasteiger partial charge < -0.3 is 9.47 Å². The number of sulfonamides is 1. The Balaban J connectivity index is 2.07. The molecule has 2 aromatic rings. The van der Waals surface area contributed by atoms with Gasteiger partial charge in [0, 0.05) is 6.07 Å². The fourth-order valence-corrected chi connectivity index (χ4v) is 4.36. The van der Waals surface area contributed by atoms with Crippen molar-refractivity contribution in [1.82, 2.24) is 0 Å². The molecule has 1 heterocycles. The molecule has 2 aromatic carbocycles. The molecular formula is C19H21NO4S. The van der Waals surface area contributed by atoms with Gasteiger partial charge in [-0.15, -0.1) is 6.58 Å². The summed E-state index contributed by atoms with van der Waals surface area (Å²) in [6, 6.07) is 10.4. The number of anilines is 1. The molecule has 3 rings (SSSR count). The van der Waals surface area contributed by atoms with E-state index in [0.717, 1.165) is 11.1 Å². The number of nitrogens with zero attached hydrogens (tertiary/aromatic N) is 1. The van der Waals surface area contributed by atoms with Crippen LogP contribution in [-0.2, 0) is 10.0 Å². The third kappa shape index (κ3) is 3.35. The predicted octanol–water partition coefficient (Wildman–Crippen LogP) is 3.46. The van der Waals surface area contributed by atoms with Gasteiger partial charge in [0.2, 0.25) is 0 Å². The van der Waals surface area contributed by atoms with Crippen molar-refractivity contribution in [3.05, 3.63) is 60.2 Å². The highest BCUT2D eigenvalue weighted by atomic mass is 32.2. The van der Waals surface area contributed by atoms with Crippen molar-refractivity contribution in [2.45, 2.75) is 18.7 Å². The Hall–Kier alpha value is -2.47. The van der Waals surface area contributed by atoms with Gasteiger partial charge >= 0.3 is 0 Å². The zero-order valence-corrected chi connectivity index (χ0v) is 15.2. The number of benzene rings is 2. The second kappa shape index (κ2) is 6.80. The Morgan fingerprint density at radius 2 is 1.80 bits per heavy atom. The molecule has 0 saturated heterocycles. The molecule has 5 nitrogen and oxygen atoms in total. The molecule has 25 heavy (non-hydrogen) atoms. The number of hydrogen-bond donors (Lipinski definition) is 0. The van der Waals surface area contributed by atoms with Crippen molar-refractivity contribution in [3.63, 3.8) is 0 Å². The van der Waals surface area contributed by atoms with Crippen LogP contribution < -0.4 is 13.8 Å². The van der Waals surface area contributed by atoms with Gasteiger partial charge in [-0.2, -0.15) is 0 Å². The number of aryl methyl sites for hydroxylation is 2. The molecule has 0 radical (unpaired) electrons. The van der Waals surface area contributed by atoms with Crippen LogP contribution in [0.4, 0.5) is 5.69 Å². The van der Waals surface area contributed by atoms with Gasteiger partial charge in [-0.3, -0.25) is 4.31 Å². The van der Waals surface area contributed by atoms with Crippen molar-refractivity contribution >= 4 is 15.7 Å². The quantitative estimate of drug-likeness (QED) is 0.767. The first-order valence-electron chi connectivity index (χ1n) is 8.04. The zero-order valence-electron chi connectivity index (χ0n) is 14.4. The van der Waals surface area contributed by atoms with Crippen molar-refractivity contribution in [2.75, 3.05) is 24.1 Å². The maximum absolute atomic E-state index is 13.2. The van der Waals surface area contributed by atoms with Crippen molar-refractivity contribution in [2.24, 2.45) is 0 Å². The van der Waals surface area contributed by atoms with Crippen LogP contribution in [-0.4, -0.2) is 28.2 Å². The second-order valence-corrected chi connectivity index (χ2v) is 7.78. The topological polar surface area (TPSA) is 55.8 Å². The highest BCUT2D eigenvalue weighted by Crippen LogP contribution is 2.34. The largest absolute Gasteiger partial charge is 0.486 e. The predicted molar refractivity (Wildman–Crippen MR) is 98.1 cm³/mol. The van der Waals surface area contributed by atoms with Gasteiger partial charge in [-0.05, 0) is 37.6 Å². The molecule has 1 aliphatic rings. The van der Waals surface area contributed by atoms with Crippen molar-refractivity contribution < 1.29 is 17.9 Å². The summed E-state index contributed by atoms with van der Waals surface area (Å²) in [6.07, 6.45) is 1.58. The first-order valence-corrected chi connectivity index (χ1v) is 9.48. The fourth-order valence-electron chi connectivity index (χ4n) is 2.84. The Bertz CT molecular complexity index is 906. The van der Waals surface area contributed by atoms with E-state index in [2.05, 4.69) is 6.58 Å². The normalized spacial score (nSPS) is 13.4. The minimum absolute atomic E-state index is 0.165. The molecule has 0 saturated carbocycles. The minimum Gasteiger partial charge on any atom is -0.486 e. The van der Waals surface area contributed by atoms with E-state index >= 15 is 0 Å². The standard InChI is InChI=1S/C19H21NO4S/c1-4-9-20(17-7-5-14(2)12-15(17)3)25(21,22)16-6-8-18-19(13-16)24-11-10-23-18/h4-8,12-13H,1,9-11H2,2-3H3. The Morgan fingerprint density at radius 1 is 1.08 bits per heavy atom. The molecule has 0 fully saturated rings. The second-order valence-electron chi connectivity index (χ2n) is 5.92. The summed E-state index contributed by atoms with van der Waals surface area (Å²) in [4.78, 5) is 0.165. The van der Waals surface area contributed by atoms with Gasteiger partial charge in [-0.25, -0.2) is 8.42 Å². The van der Waals surface area contributed by atoms with Gasteiger partial charge in [0.05, 0.1) is 17.1 Å². The third-order valence-electron chi connectivity index (χ3n) is 4.02. The van der Waals surface area contributed by atoms with Crippen LogP contribution in [0.3, 0.4) is 0 Å². The lowest BCUT2D eigenvalue weighted by molar-refractivity contribution is 0.171. The lowest BCUT2D eigenvalue weighted by Crippen LogP contribution is -2.32. The van der Waals surface area contributed by atoms with Gasteiger partial charge in [0.1, 0.15) is 13.2 Å². The van der Waals surface area contributed by atoms with Crippen LogP contribution in [0.2, 0.25) is 0 Å². The van der Waals surface area contributed by atoms with Crippen molar-refractivity contribution in [1.29, 1.82) is 0 Å². The summed E-state index contributed by atoms with van der Waals surface area (Å²) in [7, 11) is -3.76. The Kier molecular flexibility index (Phi) is 4.72. The molecule has 0 aliphatic carbocycles. The minimum atomic E-state index is -3.76. The smallest absolute Gasteiger partial charge is 0.264 e. The fraction of sp³-hybridized carbons (Fsp3) is 0.263. The average Bonchev–Trinajstić information content (AvgIpc) is 2.60. The molecule has 0 unspecified atom stereocenters. The summed E-state index contributed by atoms with van der Waals surface area (Å²) in [5.74, 6) is 1.01. The highest BCUT2D eigenvalue weighted by molar-refractivity contribution is 7.92. The molecule has 0 bridgehead atoms. The molecule has 6 heteroatoms. The summed E-state index contributed by atoms with van der Waals surface area (Å²) >= 11 is 0. The van der Waals surface area contributed by atoms with E-state index < -0.39 is 10.0 Å². The van der Waals surface area contributed by atoms with E-state index in [-0.39, 0.29) is 11.4 Å². The van der Waals surface area contributed by atoms with Crippen molar-refractivity contribution in [3.8, 4) is 11.5 Å². The molecule has 1 aliphatic heterocycles. The SMILES string of the molecule is C=CCN(c1ccc(C)cc1C)S(=O)(=O)c1ccc2c(c1)OCCO2. The number of ether oxygens (including phenoxy) is 2.